The van der Waals surface area contributed by atoms with Crippen molar-refractivity contribution in [2.45, 2.75) is 5.92 Å². The lowest BCUT2D eigenvalue weighted by molar-refractivity contribution is 0.0280. The normalized spacial score (nSPS) is 9.91. The van der Waals surface area contributed by atoms with Crippen molar-refractivity contribution in [2.75, 3.05) is 19.9 Å². The molecular weight excluding hydrogens is 161 g/mol. The molecular formula is C6H11F3O2. The molecule has 0 rings (SSSR count). The third kappa shape index (κ3) is 12.6. The van der Waals surface area contributed by atoms with E-state index in [-0.39, 0.29) is 19.3 Å². The molecule has 0 fully saturated rings. The topological polar surface area (TPSA) is 40.5 Å². The lowest BCUT2D eigenvalue weighted by atomic mass is 10.4. The molecule has 11 heavy (non-hydrogen) atoms. The van der Waals surface area contributed by atoms with E-state index < -0.39 is 12.6 Å². The fraction of sp³-hybridized carbons (Fsp3) is 0.667. The number of aliphatic hydroxyl groups excluding tert-OH is 2. The highest BCUT2D eigenvalue weighted by atomic mass is 19.3. The molecule has 2 N–H and O–H groups in total. The van der Waals surface area contributed by atoms with Gasteiger partial charge in [-0.25, -0.2) is 4.39 Å². The second-order valence-corrected chi connectivity index (χ2v) is 1.55. The van der Waals surface area contributed by atoms with E-state index in [2.05, 4.69) is 6.58 Å². The molecule has 5 heteroatoms. The van der Waals surface area contributed by atoms with Crippen molar-refractivity contribution in [2.24, 2.45) is 0 Å². The Hall–Kier alpha value is -0.550. The Bertz CT molecular complexity index is 93.8. The fourth-order valence-corrected chi connectivity index (χ4v) is 0.0546. The van der Waals surface area contributed by atoms with E-state index in [0.29, 0.717) is 0 Å². The van der Waals surface area contributed by atoms with E-state index in [4.69, 9.17) is 10.2 Å². The van der Waals surface area contributed by atoms with Gasteiger partial charge in [-0.3, -0.25) is 0 Å². The van der Waals surface area contributed by atoms with Crippen LogP contribution < -0.4 is 0 Å². The maximum Gasteiger partial charge on any atom is 0.294 e. The van der Waals surface area contributed by atoms with Crippen LogP contribution in [-0.4, -0.2) is 36.0 Å². The molecule has 0 radical (unpaired) electrons. The molecule has 0 atom stereocenters. The Balaban J connectivity index is 0. The first kappa shape index (κ1) is 13.1. The van der Waals surface area contributed by atoms with Crippen molar-refractivity contribution >= 4 is 0 Å². The Kier molecular flexibility index (Phi) is 8.98. The zero-order chi connectivity index (χ0) is 9.33. The van der Waals surface area contributed by atoms with Crippen molar-refractivity contribution in [1.29, 1.82) is 0 Å². The van der Waals surface area contributed by atoms with Gasteiger partial charge in [-0.2, -0.15) is 8.78 Å². The van der Waals surface area contributed by atoms with Gasteiger partial charge in [0.05, 0.1) is 13.2 Å². The molecule has 2 nitrogen and oxygen atoms in total. The van der Waals surface area contributed by atoms with Crippen LogP contribution in [0.4, 0.5) is 13.2 Å². The van der Waals surface area contributed by atoms with Crippen LogP contribution in [-0.2, 0) is 0 Å². The summed E-state index contributed by atoms with van der Waals surface area (Å²) >= 11 is 0. The summed E-state index contributed by atoms with van der Waals surface area (Å²) in [4.78, 5) is 0. The summed E-state index contributed by atoms with van der Waals surface area (Å²) in [5.74, 6) is -3.32. The highest BCUT2D eigenvalue weighted by Gasteiger charge is 2.22. The third-order valence-corrected chi connectivity index (χ3v) is 0.577. The molecule has 0 unspecified atom stereocenters. The molecule has 0 saturated heterocycles. The summed E-state index contributed by atoms with van der Waals surface area (Å²) in [5.41, 5.74) is 0. The Morgan fingerprint density at radius 2 is 1.64 bits per heavy atom. The van der Waals surface area contributed by atoms with Crippen molar-refractivity contribution in [3.63, 3.8) is 0 Å². The molecule has 0 aromatic carbocycles. The highest BCUT2D eigenvalue weighted by molar-refractivity contribution is 4.85. The first-order valence-electron chi connectivity index (χ1n) is 2.83. The maximum atomic E-state index is 11.4. The summed E-state index contributed by atoms with van der Waals surface area (Å²) in [7, 11) is 0. The number of aliphatic hydroxyl groups is 2. The molecule has 0 saturated carbocycles. The Morgan fingerprint density at radius 3 is 1.64 bits per heavy atom. The van der Waals surface area contributed by atoms with Gasteiger partial charge < -0.3 is 10.2 Å². The first-order chi connectivity index (χ1) is 5.04. The zero-order valence-electron chi connectivity index (χ0n) is 5.93. The number of halogens is 3. The summed E-state index contributed by atoms with van der Waals surface area (Å²) in [6, 6.07) is 0. The summed E-state index contributed by atoms with van der Waals surface area (Å²) in [6.45, 7) is 0.807. The summed E-state index contributed by atoms with van der Waals surface area (Å²) in [5, 5.41) is 15.2. The van der Waals surface area contributed by atoms with Gasteiger partial charge in [0.25, 0.3) is 5.92 Å². The standard InChI is InChI=1S/C4H5F3.C2H6O2/c1-2-4(6,7)3-5;3-1-2-4/h2H,1,3H2;3-4H,1-2H2. The first-order valence-corrected chi connectivity index (χ1v) is 2.83. The molecule has 0 spiro atoms. The number of hydrogen-bond acceptors (Lipinski definition) is 2. The monoisotopic (exact) mass is 172 g/mol. The average Bonchev–Trinajstić information content (AvgIpc) is 2.05. The van der Waals surface area contributed by atoms with Crippen LogP contribution in [0.5, 0.6) is 0 Å². The van der Waals surface area contributed by atoms with Gasteiger partial charge in [-0.05, 0) is 6.08 Å². The largest absolute Gasteiger partial charge is 0.394 e. The quantitative estimate of drug-likeness (QED) is 0.616. The number of alkyl halides is 3. The maximum absolute atomic E-state index is 11.4. The second-order valence-electron chi connectivity index (χ2n) is 1.55. The van der Waals surface area contributed by atoms with Crippen LogP contribution in [0.15, 0.2) is 12.7 Å². The molecule has 0 aromatic heterocycles. The van der Waals surface area contributed by atoms with Gasteiger partial charge in [-0.15, -0.1) is 0 Å². The van der Waals surface area contributed by atoms with E-state index in [0.717, 1.165) is 0 Å². The minimum absolute atomic E-state index is 0.125. The minimum atomic E-state index is -3.32. The average molecular weight is 172 g/mol. The molecule has 0 heterocycles. The van der Waals surface area contributed by atoms with E-state index >= 15 is 0 Å². The van der Waals surface area contributed by atoms with Gasteiger partial charge in [0.15, 0.2) is 6.67 Å². The smallest absolute Gasteiger partial charge is 0.294 e. The molecule has 0 aliphatic heterocycles. The zero-order valence-corrected chi connectivity index (χ0v) is 5.93. The van der Waals surface area contributed by atoms with Gasteiger partial charge >= 0.3 is 0 Å². The molecule has 0 aliphatic rings. The van der Waals surface area contributed by atoms with E-state index in [1.165, 1.54) is 0 Å². The van der Waals surface area contributed by atoms with Crippen LogP contribution in [0.3, 0.4) is 0 Å². The van der Waals surface area contributed by atoms with Gasteiger partial charge in [0.2, 0.25) is 0 Å². The SMILES string of the molecule is C=CC(F)(F)CF.OCCO. The van der Waals surface area contributed by atoms with Gasteiger partial charge in [0, 0.05) is 0 Å². The minimum Gasteiger partial charge on any atom is -0.394 e. The van der Waals surface area contributed by atoms with Crippen LogP contribution in [0.2, 0.25) is 0 Å². The summed E-state index contributed by atoms with van der Waals surface area (Å²) in [6.07, 6.45) is 0.285. The molecule has 0 aromatic rings. The van der Waals surface area contributed by atoms with Gasteiger partial charge in [-0.1, -0.05) is 6.58 Å². The Labute approximate surface area is 63.0 Å². The van der Waals surface area contributed by atoms with Crippen LogP contribution >= 0.6 is 0 Å². The van der Waals surface area contributed by atoms with Gasteiger partial charge in [0.1, 0.15) is 0 Å². The molecule has 0 aliphatic carbocycles. The van der Waals surface area contributed by atoms with Crippen molar-refractivity contribution in [3.05, 3.63) is 12.7 Å². The number of allylic oxidation sites excluding steroid dienone is 1. The van der Waals surface area contributed by atoms with Crippen LogP contribution in [0.25, 0.3) is 0 Å². The molecule has 0 amide bonds. The number of hydrogen-bond donors (Lipinski definition) is 2. The highest BCUT2D eigenvalue weighted by Crippen LogP contribution is 2.13. The fourth-order valence-electron chi connectivity index (χ4n) is 0.0546. The molecule has 0 bridgehead atoms. The second kappa shape index (κ2) is 7.56. The van der Waals surface area contributed by atoms with E-state index in [9.17, 15) is 13.2 Å². The summed E-state index contributed by atoms with van der Waals surface area (Å²) < 4.78 is 33.7. The predicted octanol–water partition coefficient (Wildman–Crippen LogP) is 0.748. The molecule has 68 valence electrons. The van der Waals surface area contributed by atoms with Crippen molar-refractivity contribution in [1.82, 2.24) is 0 Å². The Morgan fingerprint density at radius 1 is 1.27 bits per heavy atom. The predicted molar refractivity (Wildman–Crippen MR) is 35.3 cm³/mol. The third-order valence-electron chi connectivity index (χ3n) is 0.577. The lowest BCUT2D eigenvalue weighted by Crippen LogP contribution is -2.13. The lowest BCUT2D eigenvalue weighted by Gasteiger charge is -2.01. The van der Waals surface area contributed by atoms with Crippen LogP contribution in [0.1, 0.15) is 0 Å². The van der Waals surface area contributed by atoms with E-state index in [1.807, 2.05) is 0 Å². The van der Waals surface area contributed by atoms with Crippen LogP contribution in [0, 0.1) is 0 Å². The van der Waals surface area contributed by atoms with E-state index in [1.54, 1.807) is 0 Å². The number of rotatable bonds is 3. The van der Waals surface area contributed by atoms with Crippen molar-refractivity contribution < 1.29 is 23.4 Å². The van der Waals surface area contributed by atoms with Crippen molar-refractivity contribution in [3.8, 4) is 0 Å².